The zero-order chi connectivity index (χ0) is 10.7. The lowest BCUT2D eigenvalue weighted by molar-refractivity contribution is -0.136. The van der Waals surface area contributed by atoms with Gasteiger partial charge < -0.3 is 14.4 Å². The molecule has 78 valence electrons. The van der Waals surface area contributed by atoms with Gasteiger partial charge in [-0.1, -0.05) is 23.4 Å². The van der Waals surface area contributed by atoms with Gasteiger partial charge in [-0.05, 0) is 12.1 Å². The molecule has 1 N–H and O–H groups in total. The van der Waals surface area contributed by atoms with Crippen molar-refractivity contribution in [1.82, 2.24) is 10.1 Å². The number of aliphatic hydroxyl groups is 1. The molecule has 1 aromatic carbocycles. The summed E-state index contributed by atoms with van der Waals surface area (Å²) >= 11 is 0. The van der Waals surface area contributed by atoms with Crippen molar-refractivity contribution in [3.63, 3.8) is 0 Å². The van der Waals surface area contributed by atoms with Crippen LogP contribution in [0.25, 0.3) is 0 Å². The van der Waals surface area contributed by atoms with E-state index < -0.39 is 5.79 Å². The van der Waals surface area contributed by atoms with Gasteiger partial charge in [0.05, 0.1) is 0 Å². The van der Waals surface area contributed by atoms with Crippen LogP contribution < -0.4 is 4.74 Å². The Balaban J connectivity index is 2.18. The second kappa shape index (κ2) is 3.70. The molecule has 0 aliphatic carbocycles. The third-order valence-corrected chi connectivity index (χ3v) is 1.84. The van der Waals surface area contributed by atoms with Gasteiger partial charge in [0.2, 0.25) is 12.2 Å². The maximum absolute atomic E-state index is 9.92. The number of nitrogens with zero attached hydrogens (tertiary/aromatic N) is 2. The molecule has 5 nitrogen and oxygen atoms in total. The van der Waals surface area contributed by atoms with Crippen molar-refractivity contribution in [2.45, 2.75) is 12.7 Å². The Bertz CT molecular complexity index is 411. The first-order valence-corrected chi connectivity index (χ1v) is 4.42. The molecular weight excluding hydrogens is 196 g/mol. The summed E-state index contributed by atoms with van der Waals surface area (Å²) in [5.41, 5.74) is 0. The van der Waals surface area contributed by atoms with Crippen molar-refractivity contribution in [3.8, 4) is 5.75 Å². The van der Waals surface area contributed by atoms with Crippen molar-refractivity contribution in [2.75, 3.05) is 0 Å². The molecule has 5 heteroatoms. The highest BCUT2D eigenvalue weighted by Gasteiger charge is 2.30. The topological polar surface area (TPSA) is 68.4 Å². The molecule has 0 spiro atoms. The minimum atomic E-state index is -1.59. The minimum Gasteiger partial charge on any atom is -0.455 e. The molecule has 0 saturated heterocycles. The van der Waals surface area contributed by atoms with Gasteiger partial charge in [0.15, 0.2) is 0 Å². The lowest BCUT2D eigenvalue weighted by atomic mass is 10.3. The average molecular weight is 206 g/mol. The largest absolute Gasteiger partial charge is 0.455 e. The average Bonchev–Trinajstić information content (AvgIpc) is 2.71. The first-order chi connectivity index (χ1) is 7.18. The van der Waals surface area contributed by atoms with Crippen LogP contribution >= 0.6 is 0 Å². The zero-order valence-electron chi connectivity index (χ0n) is 8.12. The van der Waals surface area contributed by atoms with E-state index in [-0.39, 0.29) is 5.82 Å². The molecule has 0 saturated carbocycles. The van der Waals surface area contributed by atoms with Gasteiger partial charge in [-0.3, -0.25) is 0 Å². The summed E-state index contributed by atoms with van der Waals surface area (Å²) in [4.78, 5) is 3.73. The summed E-state index contributed by atoms with van der Waals surface area (Å²) in [6.45, 7) is 1.45. The molecule has 0 bridgehead atoms. The van der Waals surface area contributed by atoms with Crippen LogP contribution in [0.3, 0.4) is 0 Å². The molecular formula is C10H10N2O3. The second-order valence-corrected chi connectivity index (χ2v) is 3.15. The number of hydrogen-bond donors (Lipinski definition) is 1. The van der Waals surface area contributed by atoms with Crippen molar-refractivity contribution in [3.05, 3.63) is 42.5 Å². The Hall–Kier alpha value is -1.88. The Morgan fingerprint density at radius 2 is 2.07 bits per heavy atom. The molecule has 1 heterocycles. The van der Waals surface area contributed by atoms with Crippen LogP contribution in [0.15, 0.2) is 41.2 Å². The van der Waals surface area contributed by atoms with E-state index in [9.17, 15) is 5.11 Å². The van der Waals surface area contributed by atoms with Crippen LogP contribution in [-0.2, 0) is 5.79 Å². The Kier molecular flexibility index (Phi) is 2.39. The van der Waals surface area contributed by atoms with Gasteiger partial charge in [-0.15, -0.1) is 0 Å². The standard InChI is InChI=1S/C10H10N2O3/c1-10(13,9-11-7-14-12-9)15-8-5-3-2-4-6-8/h2-7,13H,1H3. The third-order valence-electron chi connectivity index (χ3n) is 1.84. The fourth-order valence-corrected chi connectivity index (χ4v) is 1.14. The summed E-state index contributed by atoms with van der Waals surface area (Å²) in [6, 6.07) is 8.93. The zero-order valence-corrected chi connectivity index (χ0v) is 8.12. The van der Waals surface area contributed by atoms with Gasteiger partial charge >= 0.3 is 0 Å². The molecule has 0 aliphatic rings. The molecule has 2 aromatic rings. The maximum atomic E-state index is 9.92. The highest BCUT2D eigenvalue weighted by molar-refractivity contribution is 5.22. The van der Waals surface area contributed by atoms with Gasteiger partial charge in [0, 0.05) is 6.92 Å². The molecule has 2 rings (SSSR count). The van der Waals surface area contributed by atoms with Crippen molar-refractivity contribution < 1.29 is 14.4 Å². The molecule has 0 aliphatic heterocycles. The molecule has 1 atom stereocenters. The third kappa shape index (κ3) is 2.13. The second-order valence-electron chi connectivity index (χ2n) is 3.15. The fraction of sp³-hybridized carbons (Fsp3) is 0.200. The number of aromatic nitrogens is 2. The highest BCUT2D eigenvalue weighted by Crippen LogP contribution is 2.22. The predicted molar refractivity (Wildman–Crippen MR) is 50.9 cm³/mol. The Morgan fingerprint density at radius 3 is 2.67 bits per heavy atom. The van der Waals surface area contributed by atoms with E-state index in [1.807, 2.05) is 18.2 Å². The van der Waals surface area contributed by atoms with Gasteiger partial charge in [0.25, 0.3) is 5.79 Å². The van der Waals surface area contributed by atoms with Crippen LogP contribution in [0.5, 0.6) is 5.75 Å². The number of hydrogen-bond acceptors (Lipinski definition) is 5. The number of para-hydroxylation sites is 1. The molecule has 0 radical (unpaired) electrons. The summed E-state index contributed by atoms with van der Waals surface area (Å²) in [5, 5.41) is 13.4. The number of rotatable bonds is 3. The van der Waals surface area contributed by atoms with Gasteiger partial charge in [-0.25, -0.2) is 0 Å². The van der Waals surface area contributed by atoms with E-state index in [2.05, 4.69) is 14.7 Å². The number of ether oxygens (including phenoxy) is 1. The van der Waals surface area contributed by atoms with E-state index in [0.717, 1.165) is 6.39 Å². The SMILES string of the molecule is CC(O)(Oc1ccccc1)c1ncon1. The Labute approximate surface area is 86.3 Å². The quantitative estimate of drug-likeness (QED) is 0.767. The van der Waals surface area contributed by atoms with Crippen LogP contribution in [-0.4, -0.2) is 15.2 Å². The van der Waals surface area contributed by atoms with Crippen LogP contribution in [0.4, 0.5) is 0 Å². The summed E-state index contributed by atoms with van der Waals surface area (Å²) in [5.74, 6) is -0.965. The summed E-state index contributed by atoms with van der Waals surface area (Å²) in [6.07, 6.45) is 1.14. The first-order valence-electron chi connectivity index (χ1n) is 4.42. The maximum Gasteiger partial charge on any atom is 0.270 e. The lowest BCUT2D eigenvalue weighted by Crippen LogP contribution is -2.30. The molecule has 0 fully saturated rings. The summed E-state index contributed by atoms with van der Waals surface area (Å²) in [7, 11) is 0. The van der Waals surface area contributed by atoms with Crippen LogP contribution in [0, 0.1) is 0 Å². The van der Waals surface area contributed by atoms with E-state index in [1.54, 1.807) is 12.1 Å². The first kappa shape index (κ1) is 9.67. The van der Waals surface area contributed by atoms with E-state index in [4.69, 9.17) is 4.74 Å². The van der Waals surface area contributed by atoms with Crippen molar-refractivity contribution >= 4 is 0 Å². The molecule has 15 heavy (non-hydrogen) atoms. The Morgan fingerprint density at radius 1 is 1.33 bits per heavy atom. The van der Waals surface area contributed by atoms with Crippen LogP contribution in [0.1, 0.15) is 12.7 Å². The lowest BCUT2D eigenvalue weighted by Gasteiger charge is -2.20. The van der Waals surface area contributed by atoms with E-state index in [1.165, 1.54) is 6.92 Å². The van der Waals surface area contributed by atoms with E-state index in [0.29, 0.717) is 5.75 Å². The van der Waals surface area contributed by atoms with Crippen molar-refractivity contribution in [2.24, 2.45) is 0 Å². The molecule has 1 aromatic heterocycles. The number of benzene rings is 1. The minimum absolute atomic E-state index is 0.0892. The smallest absolute Gasteiger partial charge is 0.270 e. The normalized spacial score (nSPS) is 14.5. The van der Waals surface area contributed by atoms with Gasteiger partial charge in [-0.2, -0.15) is 4.98 Å². The van der Waals surface area contributed by atoms with Crippen molar-refractivity contribution in [1.29, 1.82) is 0 Å². The molecule has 1 unspecified atom stereocenters. The van der Waals surface area contributed by atoms with Crippen LogP contribution in [0.2, 0.25) is 0 Å². The molecule has 0 amide bonds. The monoisotopic (exact) mass is 206 g/mol. The van der Waals surface area contributed by atoms with Gasteiger partial charge in [0.1, 0.15) is 5.75 Å². The highest BCUT2D eigenvalue weighted by atomic mass is 16.6. The fourth-order valence-electron chi connectivity index (χ4n) is 1.14. The van der Waals surface area contributed by atoms with E-state index >= 15 is 0 Å². The summed E-state index contributed by atoms with van der Waals surface area (Å²) < 4.78 is 9.85. The predicted octanol–water partition coefficient (Wildman–Crippen LogP) is 1.31.